The van der Waals surface area contributed by atoms with E-state index in [1.807, 2.05) is 13.8 Å². The molecule has 0 saturated heterocycles. The van der Waals surface area contributed by atoms with Crippen LogP contribution in [0.3, 0.4) is 0 Å². The highest BCUT2D eigenvalue weighted by atomic mass is 19.4. The Balaban J connectivity index is 2.52. The lowest BCUT2D eigenvalue weighted by molar-refractivity contribution is -0.274. The number of ether oxygens (including phenoxy) is 3. The number of anilines is 1. The number of aromatic nitrogens is 2. The van der Waals surface area contributed by atoms with Gasteiger partial charge in [0.1, 0.15) is 11.5 Å². The van der Waals surface area contributed by atoms with Crippen LogP contribution in [0, 0.1) is 0 Å². The van der Waals surface area contributed by atoms with Crippen LogP contribution in [0.1, 0.15) is 26.0 Å². The third-order valence-corrected chi connectivity index (χ3v) is 3.67. The quantitative estimate of drug-likeness (QED) is 0.725. The van der Waals surface area contributed by atoms with Crippen LogP contribution in [0.2, 0.25) is 0 Å². The van der Waals surface area contributed by atoms with E-state index < -0.39 is 6.36 Å². The van der Waals surface area contributed by atoms with Crippen LogP contribution in [-0.4, -0.2) is 37.1 Å². The van der Waals surface area contributed by atoms with Gasteiger partial charge < -0.3 is 19.5 Å². The SMILES string of the molecule is CCCNc1nc(CC)c(-c2ccc(OC(F)(F)F)cc2OC)nc1OC. The number of alkyl halides is 3. The van der Waals surface area contributed by atoms with Crippen LogP contribution in [0.15, 0.2) is 18.2 Å². The molecule has 0 fully saturated rings. The van der Waals surface area contributed by atoms with Crippen molar-refractivity contribution >= 4 is 5.82 Å². The molecule has 6 nitrogen and oxygen atoms in total. The van der Waals surface area contributed by atoms with Gasteiger partial charge in [-0.3, -0.25) is 0 Å². The molecule has 0 saturated carbocycles. The normalized spacial score (nSPS) is 11.2. The highest BCUT2D eigenvalue weighted by Gasteiger charge is 2.31. The Labute approximate surface area is 155 Å². The summed E-state index contributed by atoms with van der Waals surface area (Å²) in [6.45, 7) is 4.65. The fraction of sp³-hybridized carbons (Fsp3) is 0.444. The molecule has 0 atom stereocenters. The maximum Gasteiger partial charge on any atom is 0.573 e. The number of aryl methyl sites for hydroxylation is 1. The molecular formula is C18H22F3N3O3. The van der Waals surface area contributed by atoms with E-state index in [9.17, 15) is 13.2 Å². The molecule has 0 amide bonds. The zero-order valence-electron chi connectivity index (χ0n) is 15.6. The molecule has 0 spiro atoms. The average molecular weight is 385 g/mol. The van der Waals surface area contributed by atoms with Crippen molar-refractivity contribution in [1.29, 1.82) is 0 Å². The minimum absolute atomic E-state index is 0.192. The van der Waals surface area contributed by atoms with Crippen molar-refractivity contribution in [1.82, 2.24) is 9.97 Å². The van der Waals surface area contributed by atoms with E-state index in [4.69, 9.17) is 9.47 Å². The summed E-state index contributed by atoms with van der Waals surface area (Å²) in [5.41, 5.74) is 1.64. The van der Waals surface area contributed by atoms with Gasteiger partial charge in [0.15, 0.2) is 5.82 Å². The number of benzene rings is 1. The molecule has 1 aromatic carbocycles. The zero-order valence-corrected chi connectivity index (χ0v) is 15.6. The number of halogens is 3. The standard InChI is InChI=1S/C18H22F3N3O3/c1-5-9-22-16-17(26-4)24-15(13(6-2)23-16)12-8-7-11(10-14(12)25-3)27-18(19,20)21/h7-8,10H,5-6,9H2,1-4H3,(H,22,23). The van der Waals surface area contributed by atoms with Crippen LogP contribution in [-0.2, 0) is 6.42 Å². The molecule has 27 heavy (non-hydrogen) atoms. The second-order valence-electron chi connectivity index (χ2n) is 5.57. The topological polar surface area (TPSA) is 65.5 Å². The Hall–Kier alpha value is -2.71. The number of hydrogen-bond acceptors (Lipinski definition) is 6. The van der Waals surface area contributed by atoms with Gasteiger partial charge in [-0.25, -0.2) is 9.97 Å². The number of hydrogen-bond donors (Lipinski definition) is 1. The van der Waals surface area contributed by atoms with Gasteiger partial charge in [0, 0.05) is 18.2 Å². The van der Waals surface area contributed by atoms with Crippen molar-refractivity contribution in [3.8, 4) is 28.6 Å². The number of rotatable bonds is 8. The predicted molar refractivity (Wildman–Crippen MR) is 95.4 cm³/mol. The lowest BCUT2D eigenvalue weighted by atomic mass is 10.1. The van der Waals surface area contributed by atoms with Crippen molar-refractivity contribution < 1.29 is 27.4 Å². The Kier molecular flexibility index (Phi) is 6.70. The summed E-state index contributed by atoms with van der Waals surface area (Å²) < 4.78 is 51.9. The molecule has 2 rings (SSSR count). The molecule has 0 aliphatic rings. The molecule has 0 bridgehead atoms. The molecule has 0 radical (unpaired) electrons. The van der Waals surface area contributed by atoms with E-state index >= 15 is 0 Å². The van der Waals surface area contributed by atoms with E-state index in [1.54, 1.807) is 0 Å². The summed E-state index contributed by atoms with van der Waals surface area (Å²) >= 11 is 0. The largest absolute Gasteiger partial charge is 0.573 e. The van der Waals surface area contributed by atoms with Crippen molar-refractivity contribution in [3.05, 3.63) is 23.9 Å². The molecular weight excluding hydrogens is 363 g/mol. The molecule has 1 heterocycles. The predicted octanol–water partition coefficient (Wildman–Crippen LogP) is 4.44. The van der Waals surface area contributed by atoms with Crippen molar-refractivity contribution in [2.75, 3.05) is 26.1 Å². The lowest BCUT2D eigenvalue weighted by Crippen LogP contribution is -2.17. The van der Waals surface area contributed by atoms with Crippen LogP contribution >= 0.6 is 0 Å². The third-order valence-electron chi connectivity index (χ3n) is 3.67. The Morgan fingerprint density at radius 2 is 1.81 bits per heavy atom. The van der Waals surface area contributed by atoms with E-state index in [1.165, 1.54) is 32.4 Å². The first kappa shape index (κ1) is 20.6. The molecule has 2 aromatic rings. The van der Waals surface area contributed by atoms with Crippen LogP contribution in [0.5, 0.6) is 17.4 Å². The summed E-state index contributed by atoms with van der Waals surface area (Å²) in [7, 11) is 2.84. The van der Waals surface area contributed by atoms with E-state index in [2.05, 4.69) is 20.0 Å². The monoisotopic (exact) mass is 385 g/mol. The summed E-state index contributed by atoms with van der Waals surface area (Å²) in [5, 5.41) is 3.16. The highest BCUT2D eigenvalue weighted by molar-refractivity contribution is 5.72. The van der Waals surface area contributed by atoms with E-state index in [0.717, 1.165) is 6.42 Å². The van der Waals surface area contributed by atoms with E-state index in [-0.39, 0.29) is 11.5 Å². The van der Waals surface area contributed by atoms with Crippen LogP contribution in [0.4, 0.5) is 19.0 Å². The second kappa shape index (κ2) is 8.79. The third kappa shape index (κ3) is 5.15. The number of nitrogens with one attached hydrogen (secondary N) is 1. The Morgan fingerprint density at radius 1 is 1.07 bits per heavy atom. The molecule has 9 heteroatoms. The van der Waals surface area contributed by atoms with Gasteiger partial charge in [0.2, 0.25) is 0 Å². The fourth-order valence-electron chi connectivity index (χ4n) is 2.48. The molecule has 0 aliphatic heterocycles. The van der Waals surface area contributed by atoms with Gasteiger partial charge in [0.25, 0.3) is 5.88 Å². The summed E-state index contributed by atoms with van der Waals surface area (Å²) in [4.78, 5) is 9.08. The first-order valence-corrected chi connectivity index (χ1v) is 8.45. The maximum absolute atomic E-state index is 12.5. The van der Waals surface area contributed by atoms with Gasteiger partial charge in [-0.15, -0.1) is 13.2 Å². The number of methoxy groups -OCH3 is 2. The average Bonchev–Trinajstić information content (AvgIpc) is 2.64. The first-order chi connectivity index (χ1) is 12.8. The molecule has 1 aromatic heterocycles. The highest BCUT2D eigenvalue weighted by Crippen LogP contribution is 2.37. The van der Waals surface area contributed by atoms with Crippen molar-refractivity contribution in [3.63, 3.8) is 0 Å². The summed E-state index contributed by atoms with van der Waals surface area (Å²) in [5.74, 6) is 0.642. The lowest BCUT2D eigenvalue weighted by Gasteiger charge is -2.16. The molecule has 148 valence electrons. The van der Waals surface area contributed by atoms with Crippen molar-refractivity contribution in [2.45, 2.75) is 33.1 Å². The Morgan fingerprint density at radius 3 is 2.37 bits per heavy atom. The van der Waals surface area contributed by atoms with Gasteiger partial charge in [-0.05, 0) is 25.0 Å². The first-order valence-electron chi connectivity index (χ1n) is 8.45. The minimum atomic E-state index is -4.78. The minimum Gasteiger partial charge on any atom is -0.496 e. The van der Waals surface area contributed by atoms with Crippen molar-refractivity contribution in [2.24, 2.45) is 0 Å². The van der Waals surface area contributed by atoms with E-state index in [0.29, 0.717) is 41.6 Å². The smallest absolute Gasteiger partial charge is 0.496 e. The van der Waals surface area contributed by atoms with Gasteiger partial charge in [-0.2, -0.15) is 0 Å². The van der Waals surface area contributed by atoms with Gasteiger partial charge >= 0.3 is 6.36 Å². The second-order valence-corrected chi connectivity index (χ2v) is 5.57. The van der Waals surface area contributed by atoms with Gasteiger partial charge in [-0.1, -0.05) is 13.8 Å². The van der Waals surface area contributed by atoms with Gasteiger partial charge in [0.05, 0.1) is 25.6 Å². The molecule has 0 aliphatic carbocycles. The number of nitrogens with zero attached hydrogens (tertiary/aromatic N) is 2. The summed E-state index contributed by atoms with van der Waals surface area (Å²) in [6, 6.07) is 3.84. The molecule has 0 unspecified atom stereocenters. The fourth-order valence-corrected chi connectivity index (χ4v) is 2.48. The zero-order chi connectivity index (χ0) is 20.0. The Bertz CT molecular complexity index is 782. The maximum atomic E-state index is 12.5. The summed E-state index contributed by atoms with van der Waals surface area (Å²) in [6.07, 6.45) is -3.31. The van der Waals surface area contributed by atoms with Crippen LogP contribution < -0.4 is 19.5 Å². The van der Waals surface area contributed by atoms with Crippen LogP contribution in [0.25, 0.3) is 11.3 Å². The molecule has 1 N–H and O–H groups in total.